The molecule has 0 amide bonds. The molecule has 0 aliphatic heterocycles. The zero-order chi connectivity index (χ0) is 31.3. The summed E-state index contributed by atoms with van der Waals surface area (Å²) in [6.07, 6.45) is 10.9. The highest BCUT2D eigenvalue weighted by molar-refractivity contribution is 7.95. The molecule has 5 aromatic carbocycles. The van der Waals surface area contributed by atoms with Gasteiger partial charge in [-0.2, -0.15) is 0 Å². The minimum absolute atomic E-state index is 0.277. The molecule has 0 aliphatic carbocycles. The Hall–Kier alpha value is -4.39. The van der Waals surface area contributed by atoms with Crippen LogP contribution in [-0.4, -0.2) is 17.9 Å². The average molecular weight is 612 g/mol. The molecule has 0 aromatic heterocycles. The summed E-state index contributed by atoms with van der Waals surface area (Å²) in [6, 6.07) is 45.3. The molecular formula is C42H44O2P+. The van der Waals surface area contributed by atoms with Crippen LogP contribution >= 0.6 is 7.26 Å². The number of hydrogen-bond acceptors (Lipinski definition) is 2. The Morgan fingerprint density at radius 1 is 0.600 bits per heavy atom. The maximum atomic E-state index is 10.6. The number of rotatable bonds is 16. The summed E-state index contributed by atoms with van der Waals surface area (Å²) < 4.78 is 6.31. The smallest absolute Gasteiger partial charge is 0.123 e. The monoisotopic (exact) mass is 611 g/mol. The van der Waals surface area contributed by atoms with Gasteiger partial charge in [0.1, 0.15) is 34.7 Å². The van der Waals surface area contributed by atoms with E-state index in [9.17, 15) is 5.11 Å². The molecule has 45 heavy (non-hydrogen) atoms. The summed E-state index contributed by atoms with van der Waals surface area (Å²) in [6.45, 7) is 8.48. The Labute approximate surface area is 270 Å². The van der Waals surface area contributed by atoms with Gasteiger partial charge in [-0.15, -0.1) is 13.2 Å². The van der Waals surface area contributed by atoms with Crippen molar-refractivity contribution in [2.45, 2.75) is 38.5 Å². The van der Waals surface area contributed by atoms with Crippen molar-refractivity contribution in [3.8, 4) is 22.6 Å². The van der Waals surface area contributed by atoms with Crippen LogP contribution in [0.1, 0.15) is 36.8 Å². The van der Waals surface area contributed by atoms with E-state index < -0.39 is 7.26 Å². The van der Waals surface area contributed by atoms with Crippen LogP contribution in [0.2, 0.25) is 0 Å². The summed E-state index contributed by atoms with van der Waals surface area (Å²) in [4.78, 5) is 0. The summed E-state index contributed by atoms with van der Waals surface area (Å²) in [5, 5.41) is 14.9. The highest BCUT2D eigenvalue weighted by Crippen LogP contribution is 2.56. The van der Waals surface area contributed by atoms with Crippen LogP contribution in [0.25, 0.3) is 11.1 Å². The molecule has 0 aliphatic rings. The SMILES string of the molecule is C=CCc1ccc(O)c(-c2ccc(OCCCCCC[P+](c3ccccc3)(c3ccccc3)c3ccccc3)c(CC=C)c2)c1. The first-order valence-corrected chi connectivity index (χ1v) is 18.0. The van der Waals surface area contributed by atoms with Crippen LogP contribution in [0.4, 0.5) is 0 Å². The number of hydrogen-bond donors (Lipinski definition) is 1. The molecule has 0 spiro atoms. The molecule has 3 heteroatoms. The first-order valence-electron chi connectivity index (χ1n) is 16.0. The average Bonchev–Trinajstić information content (AvgIpc) is 3.09. The number of benzene rings is 5. The second-order valence-corrected chi connectivity index (χ2v) is 15.1. The van der Waals surface area contributed by atoms with E-state index in [0.717, 1.165) is 66.3 Å². The van der Waals surface area contributed by atoms with Gasteiger partial charge < -0.3 is 9.84 Å². The minimum atomic E-state index is -1.78. The lowest BCUT2D eigenvalue weighted by Gasteiger charge is -2.27. The Bertz CT molecular complexity index is 1570. The number of phenols is 1. The molecule has 0 atom stereocenters. The molecule has 0 fully saturated rings. The quantitative estimate of drug-likeness (QED) is 0.0684. The summed E-state index contributed by atoms with van der Waals surface area (Å²) in [5.41, 5.74) is 4.01. The van der Waals surface area contributed by atoms with Crippen molar-refractivity contribution >= 4 is 23.2 Å². The molecule has 0 radical (unpaired) electrons. The fraction of sp³-hybridized carbons (Fsp3) is 0.190. The molecule has 0 bridgehead atoms. The largest absolute Gasteiger partial charge is 0.507 e. The van der Waals surface area contributed by atoms with Gasteiger partial charge >= 0.3 is 0 Å². The van der Waals surface area contributed by atoms with E-state index in [4.69, 9.17) is 4.74 Å². The van der Waals surface area contributed by atoms with Crippen molar-refractivity contribution < 1.29 is 9.84 Å². The van der Waals surface area contributed by atoms with Crippen LogP contribution in [-0.2, 0) is 12.8 Å². The van der Waals surface area contributed by atoms with E-state index in [1.807, 2.05) is 36.4 Å². The Morgan fingerprint density at radius 2 is 1.18 bits per heavy atom. The zero-order valence-corrected chi connectivity index (χ0v) is 27.0. The van der Waals surface area contributed by atoms with Gasteiger partial charge in [-0.3, -0.25) is 0 Å². The molecule has 0 heterocycles. The predicted molar refractivity (Wildman–Crippen MR) is 195 cm³/mol. The van der Waals surface area contributed by atoms with E-state index in [1.54, 1.807) is 6.07 Å². The predicted octanol–water partition coefficient (Wildman–Crippen LogP) is 9.45. The number of aromatic hydroxyl groups is 1. The fourth-order valence-corrected chi connectivity index (χ4v) is 10.6. The Balaban J connectivity index is 1.23. The van der Waals surface area contributed by atoms with Gasteiger partial charge in [-0.25, -0.2) is 0 Å². The molecular weight excluding hydrogens is 567 g/mol. The Kier molecular flexibility index (Phi) is 11.4. The number of allylic oxidation sites excluding steroid dienone is 2. The molecule has 0 saturated heterocycles. The van der Waals surface area contributed by atoms with Crippen LogP contribution in [0.3, 0.4) is 0 Å². The van der Waals surface area contributed by atoms with Crippen LogP contribution < -0.4 is 20.7 Å². The summed E-state index contributed by atoms with van der Waals surface area (Å²) >= 11 is 0. The second kappa shape index (κ2) is 16.1. The fourth-order valence-electron chi connectivity index (χ4n) is 6.18. The third-order valence-corrected chi connectivity index (χ3v) is 12.9. The normalized spacial score (nSPS) is 11.2. The van der Waals surface area contributed by atoms with E-state index in [1.165, 1.54) is 15.9 Å². The van der Waals surface area contributed by atoms with Gasteiger partial charge in [0.15, 0.2) is 0 Å². The van der Waals surface area contributed by atoms with E-state index in [2.05, 4.69) is 110 Å². The lowest BCUT2D eigenvalue weighted by atomic mass is 9.97. The van der Waals surface area contributed by atoms with Crippen LogP contribution in [0.5, 0.6) is 11.5 Å². The molecule has 0 unspecified atom stereocenters. The van der Waals surface area contributed by atoms with Crippen LogP contribution in [0, 0.1) is 0 Å². The van der Waals surface area contributed by atoms with E-state index in [0.29, 0.717) is 13.0 Å². The van der Waals surface area contributed by atoms with E-state index >= 15 is 0 Å². The standard InChI is InChI=1S/C42H43O2P/c1-3-18-34-26-28-41(43)40(32-34)35-27-29-42(36(33-35)19-4-2)44-30-16-5-6-17-31-45(37-20-10-7-11-21-37,38-22-12-8-13-23-38)39-24-14-9-15-25-39/h3-4,7-15,20-29,32-33H,1-2,5-6,16-19,30-31H2/p+1. The zero-order valence-electron chi connectivity index (χ0n) is 26.2. The van der Waals surface area contributed by atoms with Gasteiger partial charge in [0.25, 0.3) is 0 Å². The van der Waals surface area contributed by atoms with Gasteiger partial charge in [-0.1, -0.05) is 78.9 Å². The first-order chi connectivity index (χ1) is 22.2. The topological polar surface area (TPSA) is 29.5 Å². The first kappa shape index (κ1) is 32.0. The van der Waals surface area contributed by atoms with Gasteiger partial charge in [-0.05, 0) is 116 Å². The third-order valence-electron chi connectivity index (χ3n) is 8.41. The van der Waals surface area contributed by atoms with Crippen LogP contribution in [0.15, 0.2) is 153 Å². The highest BCUT2D eigenvalue weighted by atomic mass is 31.2. The maximum Gasteiger partial charge on any atom is 0.123 e. The van der Waals surface area contributed by atoms with Crippen molar-refractivity contribution in [2.75, 3.05) is 12.8 Å². The van der Waals surface area contributed by atoms with Crippen molar-refractivity contribution in [1.29, 1.82) is 0 Å². The van der Waals surface area contributed by atoms with Crippen molar-refractivity contribution in [1.82, 2.24) is 0 Å². The van der Waals surface area contributed by atoms with E-state index in [-0.39, 0.29) is 5.75 Å². The lowest BCUT2D eigenvalue weighted by molar-refractivity contribution is 0.302. The van der Waals surface area contributed by atoms with Crippen molar-refractivity contribution in [3.05, 3.63) is 164 Å². The molecule has 1 N–H and O–H groups in total. The highest BCUT2D eigenvalue weighted by Gasteiger charge is 2.44. The summed E-state index contributed by atoms with van der Waals surface area (Å²) in [7, 11) is -1.78. The van der Waals surface area contributed by atoms with Gasteiger partial charge in [0, 0.05) is 5.56 Å². The van der Waals surface area contributed by atoms with Crippen molar-refractivity contribution in [2.24, 2.45) is 0 Å². The summed E-state index contributed by atoms with van der Waals surface area (Å²) in [5.74, 6) is 1.17. The molecule has 0 saturated carbocycles. The molecule has 228 valence electrons. The molecule has 5 aromatic rings. The number of ether oxygens (including phenoxy) is 1. The maximum absolute atomic E-state index is 10.6. The number of phenolic OH excluding ortho intramolecular Hbond substituents is 1. The minimum Gasteiger partial charge on any atom is -0.507 e. The molecule has 5 rings (SSSR count). The number of unbranched alkanes of at least 4 members (excludes halogenated alkanes) is 3. The van der Waals surface area contributed by atoms with Crippen molar-refractivity contribution in [3.63, 3.8) is 0 Å². The second-order valence-electron chi connectivity index (χ2n) is 11.5. The Morgan fingerprint density at radius 3 is 1.76 bits per heavy atom. The van der Waals surface area contributed by atoms with Gasteiger partial charge in [0.2, 0.25) is 0 Å². The lowest BCUT2D eigenvalue weighted by Crippen LogP contribution is -2.33. The van der Waals surface area contributed by atoms with Gasteiger partial charge in [0.05, 0.1) is 12.8 Å². The third kappa shape index (κ3) is 7.83. The molecule has 2 nitrogen and oxygen atoms in total.